The topological polar surface area (TPSA) is 125 Å². The van der Waals surface area contributed by atoms with Gasteiger partial charge in [0.2, 0.25) is 0 Å². The lowest BCUT2D eigenvalue weighted by Crippen LogP contribution is -2.37. The average Bonchev–Trinajstić information content (AvgIpc) is 2.70. The largest absolute Gasteiger partial charge is 0.497 e. The minimum atomic E-state index is -4.54. The Kier molecular flexibility index (Phi) is 7.22. The summed E-state index contributed by atoms with van der Waals surface area (Å²) in [5, 5.41) is 11.4. The van der Waals surface area contributed by atoms with Gasteiger partial charge in [-0.1, -0.05) is 12.1 Å². The second-order valence-electron chi connectivity index (χ2n) is 6.31. The number of esters is 1. The van der Waals surface area contributed by atoms with Crippen molar-refractivity contribution in [3.05, 3.63) is 52.6 Å². The van der Waals surface area contributed by atoms with Gasteiger partial charge in [-0.15, -0.1) is 0 Å². The Bertz CT molecular complexity index is 1040. The Hall–Kier alpha value is -3.34. The molecule has 2 rings (SSSR count). The number of para-hydroxylation sites is 1. The van der Waals surface area contributed by atoms with Crippen LogP contribution in [0.3, 0.4) is 0 Å². The highest BCUT2D eigenvalue weighted by molar-refractivity contribution is 7.93. The molecule has 0 saturated heterocycles. The summed E-state index contributed by atoms with van der Waals surface area (Å²) in [6, 6.07) is 9.18. The van der Waals surface area contributed by atoms with Crippen molar-refractivity contribution >= 4 is 27.4 Å². The van der Waals surface area contributed by atoms with Crippen LogP contribution in [0.4, 0.5) is 11.4 Å². The molecular weight excluding hydrogens is 416 g/mol. The Balaban J connectivity index is 2.68. The van der Waals surface area contributed by atoms with Crippen LogP contribution < -0.4 is 13.8 Å². The maximum atomic E-state index is 13.4. The summed E-state index contributed by atoms with van der Waals surface area (Å²) in [6.07, 6.45) is -0.481. The van der Waals surface area contributed by atoms with Crippen LogP contribution in [-0.2, 0) is 19.6 Å². The summed E-state index contributed by atoms with van der Waals surface area (Å²) in [6.45, 7) is 2.52. The number of carbonyl (C=O) groups is 1. The van der Waals surface area contributed by atoms with Crippen LogP contribution in [0.5, 0.6) is 11.5 Å². The van der Waals surface area contributed by atoms with Gasteiger partial charge in [-0.05, 0) is 32.0 Å². The van der Waals surface area contributed by atoms with E-state index in [1.807, 2.05) is 0 Å². The van der Waals surface area contributed by atoms with E-state index in [0.717, 1.165) is 16.4 Å². The second-order valence-corrected chi connectivity index (χ2v) is 8.14. The number of nitro benzene ring substituents is 1. The summed E-state index contributed by atoms with van der Waals surface area (Å²) in [7, 11) is -1.80. The maximum Gasteiger partial charge on any atom is 0.327 e. The van der Waals surface area contributed by atoms with Crippen molar-refractivity contribution in [3.63, 3.8) is 0 Å². The van der Waals surface area contributed by atoms with Crippen molar-refractivity contribution in [2.45, 2.75) is 24.8 Å². The molecule has 0 fully saturated rings. The molecule has 2 aromatic carbocycles. The number of methoxy groups -OCH3 is 2. The molecular formula is C19H22N2O8S. The molecule has 0 radical (unpaired) electrons. The first-order chi connectivity index (χ1) is 14.1. The fourth-order valence-electron chi connectivity index (χ4n) is 2.65. The SMILES string of the molecule is COc1ccc(N(CC(=O)OC(C)C)S(=O)(=O)c2ccccc2[N+](=O)[O-])c(OC)c1. The van der Waals surface area contributed by atoms with Crippen molar-refractivity contribution in [1.29, 1.82) is 0 Å². The van der Waals surface area contributed by atoms with E-state index in [1.165, 1.54) is 44.6 Å². The molecule has 0 aliphatic heterocycles. The Morgan fingerprint density at radius 1 is 1.13 bits per heavy atom. The summed E-state index contributed by atoms with van der Waals surface area (Å²) in [4.78, 5) is 22.4. The minimum absolute atomic E-state index is 0.00263. The first kappa shape index (κ1) is 22.9. The molecule has 0 atom stereocenters. The van der Waals surface area contributed by atoms with E-state index in [1.54, 1.807) is 13.8 Å². The first-order valence-electron chi connectivity index (χ1n) is 8.79. The fraction of sp³-hybridized carbons (Fsp3) is 0.316. The minimum Gasteiger partial charge on any atom is -0.497 e. The van der Waals surface area contributed by atoms with Crippen LogP contribution in [0.2, 0.25) is 0 Å². The van der Waals surface area contributed by atoms with Crippen LogP contribution >= 0.6 is 0 Å². The van der Waals surface area contributed by atoms with Crippen LogP contribution in [0.1, 0.15) is 13.8 Å². The van der Waals surface area contributed by atoms with Crippen LogP contribution in [0.15, 0.2) is 47.4 Å². The van der Waals surface area contributed by atoms with Gasteiger partial charge >= 0.3 is 5.97 Å². The summed E-state index contributed by atoms with van der Waals surface area (Å²) >= 11 is 0. The lowest BCUT2D eigenvalue weighted by Gasteiger charge is -2.25. The highest BCUT2D eigenvalue weighted by atomic mass is 32.2. The van der Waals surface area contributed by atoms with Crippen molar-refractivity contribution in [1.82, 2.24) is 0 Å². The summed E-state index contributed by atoms with van der Waals surface area (Å²) in [5.74, 6) is -0.345. The Labute approximate surface area is 174 Å². The standard InChI is InChI=1S/C19H22N2O8S/c1-13(2)29-19(22)12-20(15-10-9-14(27-3)11-17(15)28-4)30(25,26)18-8-6-5-7-16(18)21(23)24/h5-11,13H,12H2,1-4H3. The predicted molar refractivity (Wildman–Crippen MR) is 108 cm³/mol. The van der Waals surface area contributed by atoms with Gasteiger partial charge in [0, 0.05) is 12.1 Å². The van der Waals surface area contributed by atoms with E-state index >= 15 is 0 Å². The fourth-order valence-corrected chi connectivity index (χ4v) is 4.23. The number of anilines is 1. The molecule has 0 aromatic heterocycles. The molecule has 2 aromatic rings. The van der Waals surface area contributed by atoms with Gasteiger partial charge in [0.25, 0.3) is 15.7 Å². The summed E-state index contributed by atoms with van der Waals surface area (Å²) in [5.41, 5.74) is -0.621. The van der Waals surface area contributed by atoms with Gasteiger partial charge in [0.1, 0.15) is 18.0 Å². The number of nitro groups is 1. The lowest BCUT2D eigenvalue weighted by atomic mass is 10.2. The zero-order valence-electron chi connectivity index (χ0n) is 16.9. The van der Waals surface area contributed by atoms with Crippen LogP contribution in [0.25, 0.3) is 0 Å². The molecule has 30 heavy (non-hydrogen) atoms. The van der Waals surface area contributed by atoms with Crippen molar-refractivity contribution in [2.24, 2.45) is 0 Å². The predicted octanol–water partition coefficient (Wildman–Crippen LogP) is 2.76. The highest BCUT2D eigenvalue weighted by Gasteiger charge is 2.35. The smallest absolute Gasteiger partial charge is 0.327 e. The quantitative estimate of drug-likeness (QED) is 0.332. The lowest BCUT2D eigenvalue weighted by molar-refractivity contribution is -0.387. The van der Waals surface area contributed by atoms with E-state index in [4.69, 9.17) is 14.2 Å². The highest BCUT2D eigenvalue weighted by Crippen LogP contribution is 2.37. The number of carbonyl (C=O) groups excluding carboxylic acids is 1. The monoisotopic (exact) mass is 438 g/mol. The van der Waals surface area contributed by atoms with Crippen LogP contribution in [-0.4, -0.2) is 46.2 Å². The van der Waals surface area contributed by atoms with Gasteiger partial charge < -0.3 is 14.2 Å². The zero-order chi connectivity index (χ0) is 22.5. The molecule has 0 N–H and O–H groups in total. The third-order valence-electron chi connectivity index (χ3n) is 3.93. The van der Waals surface area contributed by atoms with Gasteiger partial charge in [0.15, 0.2) is 4.90 Å². The number of benzene rings is 2. The van der Waals surface area contributed by atoms with E-state index in [0.29, 0.717) is 5.75 Å². The van der Waals surface area contributed by atoms with Gasteiger partial charge in [0.05, 0.1) is 30.9 Å². The number of sulfonamides is 1. The number of rotatable bonds is 9. The molecule has 162 valence electrons. The van der Waals surface area contributed by atoms with E-state index in [9.17, 15) is 23.3 Å². The van der Waals surface area contributed by atoms with Gasteiger partial charge in [-0.3, -0.25) is 19.2 Å². The van der Waals surface area contributed by atoms with Crippen molar-refractivity contribution < 1.29 is 32.3 Å². The average molecular weight is 438 g/mol. The number of nitrogens with zero attached hydrogens (tertiary/aromatic N) is 2. The van der Waals surface area contributed by atoms with E-state index < -0.39 is 44.1 Å². The third-order valence-corrected chi connectivity index (χ3v) is 5.73. The van der Waals surface area contributed by atoms with Gasteiger partial charge in [-0.25, -0.2) is 8.42 Å². The number of ether oxygens (including phenoxy) is 3. The molecule has 11 heteroatoms. The van der Waals surface area contributed by atoms with Crippen molar-refractivity contribution in [3.8, 4) is 11.5 Å². The normalized spacial score (nSPS) is 11.1. The van der Waals surface area contributed by atoms with E-state index in [-0.39, 0.29) is 11.4 Å². The third kappa shape index (κ3) is 4.98. The zero-order valence-corrected chi connectivity index (χ0v) is 17.7. The molecule has 0 bridgehead atoms. The molecule has 0 unspecified atom stereocenters. The molecule has 0 amide bonds. The molecule has 0 spiro atoms. The first-order valence-corrected chi connectivity index (χ1v) is 10.2. The number of hydrogen-bond acceptors (Lipinski definition) is 8. The van der Waals surface area contributed by atoms with Gasteiger partial charge in [-0.2, -0.15) is 0 Å². The van der Waals surface area contributed by atoms with E-state index in [2.05, 4.69) is 0 Å². The second kappa shape index (κ2) is 9.44. The molecule has 0 heterocycles. The molecule has 10 nitrogen and oxygen atoms in total. The van der Waals surface area contributed by atoms with Crippen molar-refractivity contribution in [2.75, 3.05) is 25.1 Å². The number of hydrogen-bond donors (Lipinski definition) is 0. The van der Waals surface area contributed by atoms with Crippen LogP contribution in [0, 0.1) is 10.1 Å². The summed E-state index contributed by atoms with van der Waals surface area (Å²) < 4.78 is 43.0. The Morgan fingerprint density at radius 3 is 2.37 bits per heavy atom. The molecule has 0 aliphatic rings. The molecule has 0 saturated carbocycles. The molecule has 0 aliphatic carbocycles. The Morgan fingerprint density at radius 2 is 1.80 bits per heavy atom. The maximum absolute atomic E-state index is 13.4.